The van der Waals surface area contributed by atoms with E-state index >= 15 is 0 Å². The predicted molar refractivity (Wildman–Crippen MR) is 82.7 cm³/mol. The molecule has 0 heterocycles. The Balaban J connectivity index is 1.92. The summed E-state index contributed by atoms with van der Waals surface area (Å²) in [4.78, 5) is 0. The van der Waals surface area contributed by atoms with Gasteiger partial charge in [0.1, 0.15) is 0 Å². The molecule has 0 spiro atoms. The number of aliphatic hydroxyl groups is 1. The second-order valence-corrected chi connectivity index (χ2v) is 7.54. The lowest BCUT2D eigenvalue weighted by Gasteiger charge is -2.39. The number of rotatable bonds is 4. The predicted octanol–water partition coefficient (Wildman–Crippen LogP) is 3.03. The molecule has 1 fully saturated rings. The summed E-state index contributed by atoms with van der Waals surface area (Å²) in [6, 6.07) is 21.3. The molecule has 0 unspecified atom stereocenters. The van der Waals surface area contributed by atoms with Crippen LogP contribution in [-0.2, 0) is 0 Å². The van der Waals surface area contributed by atoms with Crippen LogP contribution in [0, 0.1) is 0 Å². The lowest BCUT2D eigenvalue weighted by molar-refractivity contribution is -0.0106. The molecule has 19 heavy (non-hydrogen) atoms. The molecular formula is C17H19OP. The van der Waals surface area contributed by atoms with Crippen molar-refractivity contribution in [2.24, 2.45) is 0 Å². The van der Waals surface area contributed by atoms with Gasteiger partial charge in [-0.1, -0.05) is 60.7 Å². The molecule has 1 aliphatic carbocycles. The second kappa shape index (κ2) is 5.45. The SMILES string of the molecule is OC1(CP(c2ccccc2)c2ccccc2)CCC1. The molecule has 0 bridgehead atoms. The van der Waals surface area contributed by atoms with E-state index in [4.69, 9.17) is 0 Å². The molecule has 0 atom stereocenters. The minimum Gasteiger partial charge on any atom is -0.390 e. The first kappa shape index (κ1) is 12.8. The molecule has 1 nitrogen and oxygen atoms in total. The van der Waals surface area contributed by atoms with Crippen LogP contribution in [-0.4, -0.2) is 16.9 Å². The van der Waals surface area contributed by atoms with Crippen LogP contribution in [0.25, 0.3) is 0 Å². The van der Waals surface area contributed by atoms with E-state index in [0.717, 1.165) is 19.0 Å². The molecule has 0 aromatic heterocycles. The van der Waals surface area contributed by atoms with Crippen molar-refractivity contribution in [3.63, 3.8) is 0 Å². The number of hydrogen-bond acceptors (Lipinski definition) is 1. The average molecular weight is 270 g/mol. The topological polar surface area (TPSA) is 20.2 Å². The summed E-state index contributed by atoms with van der Waals surface area (Å²) >= 11 is 0. The highest BCUT2D eigenvalue weighted by Gasteiger charge is 2.37. The van der Waals surface area contributed by atoms with Gasteiger partial charge in [-0.15, -0.1) is 0 Å². The van der Waals surface area contributed by atoms with Gasteiger partial charge >= 0.3 is 0 Å². The van der Waals surface area contributed by atoms with E-state index in [-0.39, 0.29) is 0 Å². The summed E-state index contributed by atoms with van der Waals surface area (Å²) in [6.45, 7) is 0. The Morgan fingerprint density at radius 3 is 1.68 bits per heavy atom. The lowest BCUT2D eigenvalue weighted by Crippen LogP contribution is -2.41. The third kappa shape index (κ3) is 2.88. The van der Waals surface area contributed by atoms with Crippen molar-refractivity contribution in [2.75, 3.05) is 6.16 Å². The largest absolute Gasteiger partial charge is 0.390 e. The van der Waals surface area contributed by atoms with E-state index < -0.39 is 13.5 Å². The molecule has 1 aliphatic rings. The van der Waals surface area contributed by atoms with Crippen molar-refractivity contribution in [1.82, 2.24) is 0 Å². The van der Waals surface area contributed by atoms with Crippen LogP contribution >= 0.6 is 7.92 Å². The highest BCUT2D eigenvalue weighted by molar-refractivity contribution is 7.73. The van der Waals surface area contributed by atoms with Crippen LogP contribution in [0.15, 0.2) is 60.7 Å². The molecule has 2 aromatic carbocycles. The van der Waals surface area contributed by atoms with Gasteiger partial charge in [0.25, 0.3) is 0 Å². The van der Waals surface area contributed by atoms with Crippen LogP contribution in [0.4, 0.5) is 0 Å². The van der Waals surface area contributed by atoms with Crippen molar-refractivity contribution >= 4 is 18.5 Å². The first-order chi connectivity index (χ1) is 9.27. The second-order valence-electron chi connectivity index (χ2n) is 5.34. The van der Waals surface area contributed by atoms with Crippen molar-refractivity contribution in [3.05, 3.63) is 60.7 Å². The normalized spacial score (nSPS) is 17.2. The number of hydrogen-bond donors (Lipinski definition) is 1. The van der Waals surface area contributed by atoms with Gasteiger partial charge in [0.15, 0.2) is 0 Å². The first-order valence-corrected chi connectivity index (χ1v) is 8.40. The Hall–Kier alpha value is -1.17. The van der Waals surface area contributed by atoms with Crippen LogP contribution < -0.4 is 10.6 Å². The molecule has 0 aliphatic heterocycles. The molecule has 0 radical (unpaired) electrons. The molecule has 0 saturated heterocycles. The Morgan fingerprint density at radius 2 is 1.32 bits per heavy atom. The Morgan fingerprint density at radius 1 is 0.842 bits per heavy atom. The van der Waals surface area contributed by atoms with Crippen molar-refractivity contribution in [3.8, 4) is 0 Å². The fraction of sp³-hybridized carbons (Fsp3) is 0.294. The molecule has 98 valence electrons. The van der Waals surface area contributed by atoms with Crippen LogP contribution in [0.5, 0.6) is 0 Å². The zero-order chi connectivity index (χ0) is 13.1. The maximum absolute atomic E-state index is 10.5. The van der Waals surface area contributed by atoms with Gasteiger partial charge in [0, 0.05) is 6.16 Å². The standard InChI is InChI=1S/C17H19OP/c18-17(12-7-13-17)14-19(15-8-3-1-4-9-15)16-10-5-2-6-11-16/h1-6,8-11,18H,7,12-14H2. The zero-order valence-corrected chi connectivity index (χ0v) is 11.9. The van der Waals surface area contributed by atoms with Crippen LogP contribution in [0.1, 0.15) is 19.3 Å². The van der Waals surface area contributed by atoms with E-state index in [1.807, 2.05) is 0 Å². The summed E-state index contributed by atoms with van der Waals surface area (Å²) in [6.07, 6.45) is 4.00. The fourth-order valence-electron chi connectivity index (χ4n) is 2.58. The van der Waals surface area contributed by atoms with Crippen molar-refractivity contribution in [2.45, 2.75) is 24.9 Å². The van der Waals surface area contributed by atoms with Gasteiger partial charge in [-0.25, -0.2) is 0 Å². The maximum atomic E-state index is 10.5. The Bertz CT molecular complexity index is 480. The summed E-state index contributed by atoms with van der Waals surface area (Å²) in [5, 5.41) is 13.2. The fourth-order valence-corrected chi connectivity index (χ4v) is 5.22. The monoisotopic (exact) mass is 270 g/mol. The highest BCUT2D eigenvalue weighted by Crippen LogP contribution is 2.44. The van der Waals surface area contributed by atoms with E-state index in [1.54, 1.807) is 0 Å². The van der Waals surface area contributed by atoms with Crippen LogP contribution in [0.3, 0.4) is 0 Å². The van der Waals surface area contributed by atoms with E-state index in [0.29, 0.717) is 0 Å². The quantitative estimate of drug-likeness (QED) is 0.847. The lowest BCUT2D eigenvalue weighted by atomic mass is 9.82. The van der Waals surface area contributed by atoms with Gasteiger partial charge in [0.05, 0.1) is 5.60 Å². The van der Waals surface area contributed by atoms with Gasteiger partial charge in [-0.3, -0.25) is 0 Å². The summed E-state index contributed by atoms with van der Waals surface area (Å²) < 4.78 is 0. The molecule has 3 rings (SSSR count). The summed E-state index contributed by atoms with van der Waals surface area (Å²) in [5.74, 6) is 0. The number of benzene rings is 2. The molecular weight excluding hydrogens is 251 g/mol. The minimum absolute atomic E-state index is 0.419. The van der Waals surface area contributed by atoms with Crippen molar-refractivity contribution < 1.29 is 5.11 Å². The molecule has 1 saturated carbocycles. The van der Waals surface area contributed by atoms with E-state index in [2.05, 4.69) is 60.7 Å². The van der Waals surface area contributed by atoms with Gasteiger partial charge < -0.3 is 5.11 Å². The molecule has 1 N–H and O–H groups in total. The average Bonchev–Trinajstić information content (AvgIpc) is 2.45. The third-order valence-electron chi connectivity index (χ3n) is 3.87. The smallest absolute Gasteiger partial charge is 0.0692 e. The van der Waals surface area contributed by atoms with Gasteiger partial charge in [0.2, 0.25) is 0 Å². The highest BCUT2D eigenvalue weighted by atomic mass is 31.1. The minimum atomic E-state index is -0.443. The Kier molecular flexibility index (Phi) is 3.68. The zero-order valence-electron chi connectivity index (χ0n) is 11.0. The third-order valence-corrected chi connectivity index (χ3v) is 6.62. The van der Waals surface area contributed by atoms with Crippen molar-refractivity contribution in [1.29, 1.82) is 0 Å². The van der Waals surface area contributed by atoms with E-state index in [9.17, 15) is 5.11 Å². The van der Waals surface area contributed by atoms with Gasteiger partial charge in [-0.05, 0) is 37.8 Å². The molecule has 0 amide bonds. The maximum Gasteiger partial charge on any atom is 0.0692 e. The van der Waals surface area contributed by atoms with Crippen LogP contribution in [0.2, 0.25) is 0 Å². The first-order valence-electron chi connectivity index (χ1n) is 6.87. The van der Waals surface area contributed by atoms with Gasteiger partial charge in [-0.2, -0.15) is 0 Å². The van der Waals surface area contributed by atoms with E-state index in [1.165, 1.54) is 17.0 Å². The Labute approximate surface area is 116 Å². The molecule has 2 aromatic rings. The summed E-state index contributed by atoms with van der Waals surface area (Å²) in [5.41, 5.74) is -0.419. The summed E-state index contributed by atoms with van der Waals surface area (Å²) in [7, 11) is -0.443. The molecule has 2 heteroatoms.